The zero-order valence-electron chi connectivity index (χ0n) is 67.1. The van der Waals surface area contributed by atoms with Gasteiger partial charge in [0.2, 0.25) is 11.8 Å². The highest BCUT2D eigenvalue weighted by molar-refractivity contribution is 8.13. The molecule has 0 unspecified atom stereocenters. The van der Waals surface area contributed by atoms with E-state index >= 15 is 0 Å². The second kappa shape index (κ2) is 64.0. The lowest BCUT2D eigenvalue weighted by Crippen LogP contribution is -2.48. The molecule has 620 valence electrons. The largest absolute Gasteiger partial charge is 0.480 e. The molecule has 0 saturated carbocycles. The summed E-state index contributed by atoms with van der Waals surface area (Å²) in [6.45, 7) is 50.4. The van der Waals surface area contributed by atoms with Crippen LogP contribution in [0.4, 0.5) is 0 Å². The van der Waals surface area contributed by atoms with Crippen molar-refractivity contribution < 1.29 is 86.6 Å². The number of nitrogens with one attached hydrogen (secondary N) is 3. The number of ketones is 1. The van der Waals surface area contributed by atoms with Gasteiger partial charge in [0, 0.05) is 192 Å². The van der Waals surface area contributed by atoms with Gasteiger partial charge in [-0.3, -0.25) is 102 Å². The quantitative estimate of drug-likeness (QED) is 0.0358. The van der Waals surface area contributed by atoms with Crippen LogP contribution in [0.25, 0.3) is 0 Å². The zero-order chi connectivity index (χ0) is 81.7. The van der Waals surface area contributed by atoms with Gasteiger partial charge in [-0.25, -0.2) is 4.90 Å². The van der Waals surface area contributed by atoms with Crippen LogP contribution in [-0.2, 0) is 89.5 Å². The van der Waals surface area contributed by atoms with Crippen LogP contribution >= 0.6 is 11.8 Å². The first-order chi connectivity index (χ1) is 52.0. The molecule has 0 aliphatic carbocycles. The molecule has 4 rings (SSSR count). The van der Waals surface area contributed by atoms with E-state index in [0.717, 1.165) is 141 Å². The molecule has 2 fully saturated rings. The molecule has 0 atom stereocenters. The number of likely N-dealkylation sites (N-methyl/N-ethyl adjacent to an activating group) is 2. The van der Waals surface area contributed by atoms with E-state index in [1.165, 1.54) is 11.8 Å². The van der Waals surface area contributed by atoms with Crippen molar-refractivity contribution in [3.05, 3.63) is 72.5 Å². The number of carboxylic acid groups (broad SMARTS) is 2. The number of Topliss-reactive ketones (excluding diaryl/α,β-unsaturated/α-hetero) is 1. The molecule has 2 amide bonds. The number of aromatic nitrogens is 2. The van der Waals surface area contributed by atoms with Crippen molar-refractivity contribution in [3.8, 4) is 0 Å². The maximum atomic E-state index is 11.5. The number of aliphatic carboxylic acids is 2. The van der Waals surface area contributed by atoms with Crippen molar-refractivity contribution in [3.63, 3.8) is 0 Å². The van der Waals surface area contributed by atoms with Gasteiger partial charge >= 0.3 is 11.9 Å². The van der Waals surface area contributed by atoms with Crippen LogP contribution in [0.15, 0.2) is 61.1 Å². The Balaban J connectivity index is 0.00000135. The molecular formula is C74H130N16O18S. The van der Waals surface area contributed by atoms with Crippen molar-refractivity contribution >= 4 is 78.8 Å². The van der Waals surface area contributed by atoms with Crippen LogP contribution in [0.5, 0.6) is 0 Å². The van der Waals surface area contributed by atoms with Crippen molar-refractivity contribution in [1.29, 1.82) is 0 Å². The number of ether oxygens (including phenoxy) is 5. The van der Waals surface area contributed by atoms with E-state index in [4.69, 9.17) is 24.4 Å². The number of pyridine rings is 2. The minimum Gasteiger partial charge on any atom is -0.480 e. The Morgan fingerprint density at radius 2 is 0.899 bits per heavy atom. The first-order valence-corrected chi connectivity index (χ1v) is 38.2. The van der Waals surface area contributed by atoms with Gasteiger partial charge in [-0.2, -0.15) is 0 Å². The number of hydrogen-bond acceptors (Lipinski definition) is 31. The van der Waals surface area contributed by atoms with Gasteiger partial charge in [0.25, 0.3) is 32.4 Å². The molecule has 2 saturated heterocycles. The molecule has 2 aromatic heterocycles. The Kier molecular flexibility index (Phi) is 59.5. The lowest BCUT2D eigenvalue weighted by molar-refractivity contribution is -0.142. The normalized spacial score (nSPS) is 14.8. The summed E-state index contributed by atoms with van der Waals surface area (Å²) >= 11 is 1.09. The molecule has 0 radical (unpaired) electrons. The predicted molar refractivity (Wildman–Crippen MR) is 417 cm³/mol. The highest BCUT2D eigenvalue weighted by Gasteiger charge is 2.22. The van der Waals surface area contributed by atoms with Gasteiger partial charge in [-0.15, -0.1) is 0 Å². The second-order valence-electron chi connectivity index (χ2n) is 27.0. The summed E-state index contributed by atoms with van der Waals surface area (Å²) in [7, 11) is 0. The maximum absolute atomic E-state index is 11.5. The predicted octanol–water partition coefficient (Wildman–Crippen LogP) is 1.81. The molecule has 109 heavy (non-hydrogen) atoms. The third kappa shape index (κ3) is 54.6. The lowest BCUT2D eigenvalue weighted by atomic mass is 10.1. The smallest absolute Gasteiger partial charge is 0.317 e. The van der Waals surface area contributed by atoms with Gasteiger partial charge in [-0.05, 0) is 92.7 Å². The van der Waals surface area contributed by atoms with Crippen LogP contribution in [0.3, 0.4) is 0 Å². The molecule has 2 aliphatic rings. The molecule has 0 aromatic carbocycles. The Morgan fingerprint density at radius 3 is 1.29 bits per heavy atom. The number of carbonyl (C=O) groups is 11. The number of hydrogen-bond donors (Lipinski definition) is 5. The summed E-state index contributed by atoms with van der Waals surface area (Å²) < 4.78 is 23.9. The highest BCUT2D eigenvalue weighted by atomic mass is 32.2. The van der Waals surface area contributed by atoms with Crippen molar-refractivity contribution in [1.82, 2.24) is 79.8 Å². The molecule has 34 nitrogen and oxygen atoms in total. The Morgan fingerprint density at radius 1 is 0.505 bits per heavy atom. The molecule has 5 N–H and O–H groups in total. The fraction of sp³-hybridized carbons (Fsp3) is 0.689. The summed E-state index contributed by atoms with van der Waals surface area (Å²) in [6, 6.07) is 13.6. The van der Waals surface area contributed by atoms with Crippen molar-refractivity contribution in [2.24, 2.45) is 5.92 Å². The standard InChI is InChI=1S/C17H34N4O4.C15H27N3O8.C15H19N3.C14H23N3O4S.C13H27N3O2/c1-4-18-5-7-19(13-17(23)24)9-11-21(16(2)3)12-10-20(8-6-18)14-25-15-22;1-14(2)18(10-26-13-21)6-5-16(7-15(22)23)3-4-17(8-24-11-19)9-25-12-20;1-13(2)18(11-14-7-3-5-9-16-14)12-15-8-4-6-10-17-15;1-9(2)12(19)5-16-14(21)7-17-13(20)6-15-10(3)8-22-11(4)18;1-4-14-5-6-15(11-18-12-17)8-10-16(9-7-14)13(2)3/h15-16H,4-14H2,1-3H3,(H,23,24);11-14H,3-10H2,1-2H3,(H,22,23);3-10,13H,11-12H2,1-2H3;9,15H,3,5-8H2,1-2,4H3,(H,16,21)(H,17,20);12-13H,4-11H2,1-3H3. The Bertz CT molecular complexity index is 2760. The van der Waals surface area contributed by atoms with E-state index in [0.29, 0.717) is 88.6 Å². The zero-order valence-corrected chi connectivity index (χ0v) is 67.9. The van der Waals surface area contributed by atoms with Crippen molar-refractivity contribution in [2.45, 2.75) is 127 Å². The molecule has 35 heteroatoms. The topological polar surface area (TPSA) is 372 Å². The van der Waals surface area contributed by atoms with Gasteiger partial charge in [0.15, 0.2) is 10.9 Å². The summed E-state index contributed by atoms with van der Waals surface area (Å²) in [6.07, 6.45) is 3.68. The lowest BCUT2D eigenvalue weighted by Gasteiger charge is -2.34. The van der Waals surface area contributed by atoms with Crippen LogP contribution < -0.4 is 16.0 Å². The van der Waals surface area contributed by atoms with Crippen LogP contribution in [-0.4, -0.2) is 368 Å². The molecule has 2 aromatic rings. The third-order valence-corrected chi connectivity index (χ3v) is 18.2. The van der Waals surface area contributed by atoms with E-state index in [9.17, 15) is 52.7 Å². The second-order valence-corrected chi connectivity index (χ2v) is 28.2. The van der Waals surface area contributed by atoms with Crippen molar-refractivity contribution in [2.75, 3.05) is 203 Å². The average molecular weight is 1560 g/mol. The highest BCUT2D eigenvalue weighted by Crippen LogP contribution is 2.12. The number of nitrogens with zero attached hydrogens (tertiary/aromatic N) is 13. The summed E-state index contributed by atoms with van der Waals surface area (Å²) in [5, 5.41) is 25.8. The number of amides is 2. The minimum absolute atomic E-state index is 0.0278. The Hall–Kier alpha value is -7.68. The summed E-state index contributed by atoms with van der Waals surface area (Å²) in [4.78, 5) is 151. The fourth-order valence-corrected chi connectivity index (χ4v) is 10.7. The van der Waals surface area contributed by atoms with E-state index in [2.05, 4.69) is 144 Å². The number of carboxylic acids is 2. The molecule has 4 heterocycles. The van der Waals surface area contributed by atoms with E-state index < -0.39 is 17.8 Å². The third-order valence-electron chi connectivity index (χ3n) is 17.3. The van der Waals surface area contributed by atoms with Gasteiger partial charge in [0.05, 0.1) is 44.1 Å². The SMILES string of the molecule is C=C(CSC(C)=O)NCC(=O)NCC(=O)NCC(=O)C(C)C.CC(C)N(CCN(CCN(COC=O)COC=O)CC(=O)O)COC=O.CC(C)N(Cc1ccccn1)Cc1ccccn1.CCN1CCN(COC=O)CCN(C(C)C)CC1.CCN1CCN(COC=O)CCN(C(C)C)CCN(CC(=O)O)CC1. The van der Waals surface area contributed by atoms with Crippen LogP contribution in [0, 0.1) is 5.92 Å². The maximum Gasteiger partial charge on any atom is 0.317 e. The number of rotatable bonds is 45. The number of thioether (sulfide) groups is 1. The molecule has 2 aliphatic heterocycles. The van der Waals surface area contributed by atoms with Crippen LogP contribution in [0.2, 0.25) is 0 Å². The van der Waals surface area contributed by atoms with E-state index in [1.807, 2.05) is 60.3 Å². The Labute approximate surface area is 651 Å². The summed E-state index contributed by atoms with van der Waals surface area (Å²) in [5.74, 6) is -2.37. The first-order valence-electron chi connectivity index (χ1n) is 37.2. The minimum atomic E-state index is -0.981. The van der Waals surface area contributed by atoms with Crippen LogP contribution in [0.1, 0.15) is 101 Å². The average Bonchev–Trinajstić information content (AvgIpc) is 1.67. The van der Waals surface area contributed by atoms with Gasteiger partial charge < -0.3 is 59.6 Å². The van der Waals surface area contributed by atoms with E-state index in [-0.39, 0.29) is 94.6 Å². The first kappa shape index (κ1) is 101. The number of carbonyl (C=O) groups excluding carboxylic acids is 9. The monoisotopic (exact) mass is 1560 g/mol. The van der Waals surface area contributed by atoms with E-state index in [1.54, 1.807) is 18.7 Å². The molecule has 0 bridgehead atoms. The molecule has 0 spiro atoms. The summed E-state index contributed by atoms with van der Waals surface area (Å²) in [5.41, 5.74) is 2.76. The fourth-order valence-electron chi connectivity index (χ4n) is 10.3. The van der Waals surface area contributed by atoms with Gasteiger partial charge in [-0.1, -0.05) is 58.2 Å². The van der Waals surface area contributed by atoms with Gasteiger partial charge in [0.1, 0.15) is 33.7 Å². The molecular weight excluding hydrogens is 1430 g/mol.